The van der Waals surface area contributed by atoms with E-state index in [0.717, 1.165) is 70.6 Å². The first kappa shape index (κ1) is 29.7. The summed E-state index contributed by atoms with van der Waals surface area (Å²) in [5, 5.41) is 14.3. The Kier molecular flexibility index (Phi) is 11.1. The Morgan fingerprint density at radius 3 is 2.24 bits per heavy atom. The number of ether oxygens (including phenoxy) is 1. The Morgan fingerprint density at radius 1 is 0.838 bits per heavy atom. The van der Waals surface area contributed by atoms with Crippen LogP contribution in [0, 0.1) is 0 Å². The highest BCUT2D eigenvalue weighted by Crippen LogP contribution is 2.41. The number of hydrogen-bond acceptors (Lipinski definition) is 4. The van der Waals surface area contributed by atoms with Crippen LogP contribution in [0.5, 0.6) is 5.75 Å². The number of hydrogen-bond donors (Lipinski definition) is 1. The zero-order valence-corrected chi connectivity index (χ0v) is 23.6. The van der Waals surface area contributed by atoms with Crippen LogP contribution >= 0.6 is 24.8 Å². The molecule has 0 spiro atoms. The van der Waals surface area contributed by atoms with E-state index in [9.17, 15) is 5.11 Å². The zero-order chi connectivity index (χ0) is 24.1. The van der Waals surface area contributed by atoms with Gasteiger partial charge in [0.2, 0.25) is 0 Å². The minimum atomic E-state index is -0.599. The monoisotopic (exact) mass is 544 g/mol. The van der Waals surface area contributed by atoms with Gasteiger partial charge in [-0.3, -0.25) is 0 Å². The molecule has 0 aromatic heterocycles. The second kappa shape index (κ2) is 13.8. The van der Waals surface area contributed by atoms with Gasteiger partial charge in [-0.1, -0.05) is 73.9 Å². The topological polar surface area (TPSA) is 35.9 Å². The SMILES string of the molecule is CN1CCN(CC(c2ccc(OCCc3cccc4ccccc34)cc2)C2(O)CCCCC2)CC1.Cl.Cl. The van der Waals surface area contributed by atoms with Crippen LogP contribution in [-0.4, -0.2) is 66.9 Å². The van der Waals surface area contributed by atoms with E-state index < -0.39 is 5.60 Å². The summed E-state index contributed by atoms with van der Waals surface area (Å²) in [6, 6.07) is 23.6. The van der Waals surface area contributed by atoms with Crippen molar-refractivity contribution in [2.45, 2.75) is 50.0 Å². The molecule has 1 aliphatic carbocycles. The maximum absolute atomic E-state index is 11.7. The molecule has 3 aromatic rings. The van der Waals surface area contributed by atoms with Gasteiger partial charge in [-0.2, -0.15) is 0 Å². The molecule has 202 valence electrons. The number of benzene rings is 3. The van der Waals surface area contributed by atoms with Crippen LogP contribution in [0.2, 0.25) is 0 Å². The first-order chi connectivity index (χ1) is 17.1. The average molecular weight is 546 g/mol. The highest BCUT2D eigenvalue weighted by atomic mass is 35.5. The molecular weight excluding hydrogens is 503 g/mol. The molecule has 1 heterocycles. The van der Waals surface area contributed by atoms with Gasteiger partial charge in [0.15, 0.2) is 0 Å². The third-order valence-corrected chi connectivity index (χ3v) is 8.21. The van der Waals surface area contributed by atoms with Gasteiger partial charge in [-0.15, -0.1) is 24.8 Å². The van der Waals surface area contributed by atoms with Gasteiger partial charge >= 0.3 is 0 Å². The van der Waals surface area contributed by atoms with Crippen molar-refractivity contribution >= 4 is 35.6 Å². The van der Waals surface area contributed by atoms with Gasteiger partial charge in [0.1, 0.15) is 5.75 Å². The van der Waals surface area contributed by atoms with Crippen molar-refractivity contribution < 1.29 is 9.84 Å². The second-order valence-corrected chi connectivity index (χ2v) is 10.6. The minimum absolute atomic E-state index is 0. The summed E-state index contributed by atoms with van der Waals surface area (Å²) in [6.45, 7) is 5.97. The summed E-state index contributed by atoms with van der Waals surface area (Å²) in [6.07, 6.45) is 6.21. The van der Waals surface area contributed by atoms with Gasteiger partial charge in [0.05, 0.1) is 12.2 Å². The van der Waals surface area contributed by atoms with Crippen molar-refractivity contribution in [1.29, 1.82) is 0 Å². The molecule has 6 heteroatoms. The highest BCUT2D eigenvalue weighted by molar-refractivity contribution is 5.86. The maximum atomic E-state index is 11.7. The van der Waals surface area contributed by atoms with Gasteiger partial charge in [0, 0.05) is 45.1 Å². The molecule has 1 N–H and O–H groups in total. The first-order valence-electron chi connectivity index (χ1n) is 13.4. The molecule has 0 radical (unpaired) electrons. The van der Waals surface area contributed by atoms with Crippen LogP contribution < -0.4 is 4.74 Å². The van der Waals surface area contributed by atoms with Crippen LogP contribution in [0.4, 0.5) is 0 Å². The lowest BCUT2D eigenvalue weighted by Crippen LogP contribution is -2.50. The fraction of sp³-hybridized carbons (Fsp3) is 0.484. The van der Waals surface area contributed by atoms with Gasteiger partial charge in [0.25, 0.3) is 0 Å². The van der Waals surface area contributed by atoms with E-state index in [-0.39, 0.29) is 30.7 Å². The quantitative estimate of drug-likeness (QED) is 0.359. The van der Waals surface area contributed by atoms with Crippen LogP contribution in [-0.2, 0) is 6.42 Å². The Morgan fingerprint density at radius 2 is 1.51 bits per heavy atom. The van der Waals surface area contributed by atoms with Crippen molar-refractivity contribution in [3.63, 3.8) is 0 Å². The summed E-state index contributed by atoms with van der Waals surface area (Å²) >= 11 is 0. The molecule has 0 bridgehead atoms. The molecule has 1 aliphatic heterocycles. The van der Waals surface area contributed by atoms with Gasteiger partial charge < -0.3 is 19.6 Å². The Balaban J connectivity index is 0.00000190. The fourth-order valence-electron chi connectivity index (χ4n) is 5.97. The predicted octanol–water partition coefficient (Wildman–Crippen LogP) is 6.33. The first-order valence-corrected chi connectivity index (χ1v) is 13.4. The summed E-state index contributed by atoms with van der Waals surface area (Å²) in [5.74, 6) is 1.05. The lowest BCUT2D eigenvalue weighted by molar-refractivity contribution is -0.0337. The van der Waals surface area contributed by atoms with Crippen LogP contribution in [0.3, 0.4) is 0 Å². The summed E-state index contributed by atoms with van der Waals surface area (Å²) in [4.78, 5) is 4.94. The van der Waals surface area contributed by atoms with Crippen molar-refractivity contribution in [1.82, 2.24) is 9.80 Å². The van der Waals surface area contributed by atoms with E-state index in [1.807, 2.05) is 0 Å². The zero-order valence-electron chi connectivity index (χ0n) is 22.0. The van der Waals surface area contributed by atoms with E-state index in [4.69, 9.17) is 4.74 Å². The minimum Gasteiger partial charge on any atom is -0.493 e. The lowest BCUT2D eigenvalue weighted by Gasteiger charge is -2.43. The molecule has 0 amide bonds. The van der Waals surface area contributed by atoms with Crippen molar-refractivity contribution in [3.05, 3.63) is 77.9 Å². The Hall–Kier alpha value is -1.82. The molecular formula is C31H42Cl2N2O2. The standard InChI is InChI=1S/C31H40N2O2.2ClH/c1-32-19-21-33(22-20-32)24-30(31(34)17-5-2-6-18-31)27-12-14-28(15-13-27)35-23-16-26-10-7-9-25-8-3-4-11-29(25)26;;/h3-4,7-15,30,34H,2,5-6,16-24H2,1H3;2*1H. The highest BCUT2D eigenvalue weighted by Gasteiger charge is 2.39. The molecule has 1 atom stereocenters. The maximum Gasteiger partial charge on any atom is 0.119 e. The molecule has 3 aromatic carbocycles. The summed E-state index contributed by atoms with van der Waals surface area (Å²) in [5.41, 5.74) is 1.97. The van der Waals surface area contributed by atoms with Crippen LogP contribution in [0.1, 0.15) is 49.1 Å². The molecule has 2 aliphatic rings. The number of rotatable bonds is 8. The second-order valence-electron chi connectivity index (χ2n) is 10.6. The molecule has 37 heavy (non-hydrogen) atoms. The van der Waals surface area contributed by atoms with E-state index in [1.165, 1.54) is 28.3 Å². The number of halogens is 2. The molecule has 1 saturated heterocycles. The Bertz CT molecular complexity index is 1090. The van der Waals surface area contributed by atoms with E-state index >= 15 is 0 Å². The van der Waals surface area contributed by atoms with Crippen LogP contribution in [0.25, 0.3) is 10.8 Å². The fourth-order valence-corrected chi connectivity index (χ4v) is 5.97. The average Bonchev–Trinajstić information content (AvgIpc) is 2.89. The number of aliphatic hydroxyl groups is 1. The van der Waals surface area contributed by atoms with Crippen molar-refractivity contribution in [3.8, 4) is 5.75 Å². The molecule has 2 fully saturated rings. The third-order valence-electron chi connectivity index (χ3n) is 8.21. The summed E-state index contributed by atoms with van der Waals surface area (Å²) in [7, 11) is 2.20. The number of nitrogens with zero attached hydrogens (tertiary/aromatic N) is 2. The Labute approximate surface area is 234 Å². The largest absolute Gasteiger partial charge is 0.493 e. The van der Waals surface area contributed by atoms with E-state index in [2.05, 4.69) is 83.6 Å². The normalized spacial score (nSPS) is 19.0. The van der Waals surface area contributed by atoms with Crippen molar-refractivity contribution in [2.75, 3.05) is 46.4 Å². The molecule has 1 unspecified atom stereocenters. The third kappa shape index (κ3) is 7.40. The number of piperazine rings is 1. The van der Waals surface area contributed by atoms with E-state index in [1.54, 1.807) is 0 Å². The van der Waals surface area contributed by atoms with Gasteiger partial charge in [-0.25, -0.2) is 0 Å². The predicted molar refractivity (Wildman–Crippen MR) is 159 cm³/mol. The van der Waals surface area contributed by atoms with Crippen LogP contribution in [0.15, 0.2) is 66.7 Å². The smallest absolute Gasteiger partial charge is 0.119 e. The van der Waals surface area contributed by atoms with E-state index in [0.29, 0.717) is 6.61 Å². The molecule has 1 saturated carbocycles. The number of fused-ring (bicyclic) bond motifs is 1. The number of likely N-dealkylation sites (N-methyl/N-ethyl adjacent to an activating group) is 1. The van der Waals surface area contributed by atoms with Gasteiger partial charge in [-0.05, 0) is 53.9 Å². The summed E-state index contributed by atoms with van der Waals surface area (Å²) < 4.78 is 6.15. The molecule has 5 rings (SSSR count). The van der Waals surface area contributed by atoms with Crippen molar-refractivity contribution in [2.24, 2.45) is 0 Å². The molecule has 4 nitrogen and oxygen atoms in total. The lowest BCUT2D eigenvalue weighted by atomic mass is 9.72.